The second kappa shape index (κ2) is 10.0. The molecule has 0 atom stereocenters. The predicted molar refractivity (Wildman–Crippen MR) is 101 cm³/mol. The van der Waals surface area contributed by atoms with Crippen LogP contribution in [-0.4, -0.2) is 50.1 Å². The van der Waals surface area contributed by atoms with E-state index in [1.165, 1.54) is 0 Å². The Balaban J connectivity index is 1.92. The van der Waals surface area contributed by atoms with Crippen LogP contribution in [0.4, 0.5) is 0 Å². The average Bonchev–Trinajstić information content (AvgIpc) is 2.68. The Hall–Kier alpha value is -2.24. The highest BCUT2D eigenvalue weighted by Crippen LogP contribution is 2.29. The zero-order valence-corrected chi connectivity index (χ0v) is 16.0. The lowest BCUT2D eigenvalue weighted by atomic mass is 9.95. The first-order valence-electron chi connectivity index (χ1n) is 9.48. The highest BCUT2D eigenvalue weighted by Gasteiger charge is 2.28. The van der Waals surface area contributed by atoms with Crippen molar-refractivity contribution >= 4 is 11.8 Å². The van der Waals surface area contributed by atoms with E-state index in [1.807, 2.05) is 11.8 Å². The van der Waals surface area contributed by atoms with Crippen LogP contribution in [0.5, 0.6) is 11.5 Å². The summed E-state index contributed by atoms with van der Waals surface area (Å²) in [5, 5.41) is 2.99. The normalized spacial score (nSPS) is 14.8. The van der Waals surface area contributed by atoms with Crippen molar-refractivity contribution in [2.24, 2.45) is 5.92 Å². The quantitative estimate of drug-likeness (QED) is 0.722. The predicted octanol–water partition coefficient (Wildman–Crippen LogP) is 2.86. The number of carbonyl (C=O) groups excluding carboxylic acids is 2. The molecule has 1 aromatic carbocycles. The van der Waals surface area contributed by atoms with Gasteiger partial charge in [-0.3, -0.25) is 9.59 Å². The molecule has 1 aliphatic rings. The molecule has 1 N–H and O–H groups in total. The lowest BCUT2D eigenvalue weighted by Crippen LogP contribution is -2.43. The van der Waals surface area contributed by atoms with E-state index in [-0.39, 0.29) is 17.7 Å². The summed E-state index contributed by atoms with van der Waals surface area (Å²) >= 11 is 0. The van der Waals surface area contributed by atoms with Crippen LogP contribution < -0.4 is 14.8 Å². The number of rotatable bonds is 8. The van der Waals surface area contributed by atoms with Gasteiger partial charge in [0.2, 0.25) is 5.91 Å². The number of nitrogens with one attached hydrogen (secondary N) is 1. The third-order valence-electron chi connectivity index (χ3n) is 4.69. The summed E-state index contributed by atoms with van der Waals surface area (Å²) in [4.78, 5) is 26.7. The molecule has 0 unspecified atom stereocenters. The molecule has 1 fully saturated rings. The van der Waals surface area contributed by atoms with Gasteiger partial charge in [0.05, 0.1) is 13.7 Å². The van der Waals surface area contributed by atoms with E-state index in [0.717, 1.165) is 19.4 Å². The molecule has 1 heterocycles. The second-order valence-corrected chi connectivity index (χ2v) is 6.51. The van der Waals surface area contributed by atoms with Gasteiger partial charge in [-0.2, -0.15) is 0 Å². The van der Waals surface area contributed by atoms with E-state index in [0.29, 0.717) is 49.6 Å². The van der Waals surface area contributed by atoms with E-state index in [1.54, 1.807) is 25.3 Å². The maximum absolute atomic E-state index is 12.8. The van der Waals surface area contributed by atoms with Crippen molar-refractivity contribution in [3.8, 4) is 11.5 Å². The van der Waals surface area contributed by atoms with Gasteiger partial charge in [0.1, 0.15) is 0 Å². The lowest BCUT2D eigenvalue weighted by molar-refractivity contribution is -0.126. The molecule has 1 aromatic rings. The number of ether oxygens (including phenoxy) is 2. The van der Waals surface area contributed by atoms with E-state index < -0.39 is 0 Å². The van der Waals surface area contributed by atoms with Gasteiger partial charge in [0, 0.05) is 31.1 Å². The van der Waals surface area contributed by atoms with Crippen molar-refractivity contribution in [1.82, 2.24) is 10.2 Å². The Bertz CT molecular complexity index is 610. The summed E-state index contributed by atoms with van der Waals surface area (Å²) in [6.45, 7) is 6.48. The first-order chi connectivity index (χ1) is 12.6. The number of methoxy groups -OCH3 is 1. The molecule has 1 saturated heterocycles. The number of unbranched alkanes of at least 4 members (excludes halogenated alkanes) is 1. The first kappa shape index (κ1) is 20.1. The third-order valence-corrected chi connectivity index (χ3v) is 4.69. The minimum absolute atomic E-state index is 0.00534. The van der Waals surface area contributed by atoms with Crippen molar-refractivity contribution in [3.05, 3.63) is 23.8 Å². The Kier molecular flexibility index (Phi) is 7.75. The fraction of sp³-hybridized carbons (Fsp3) is 0.600. The maximum atomic E-state index is 12.8. The maximum Gasteiger partial charge on any atom is 0.253 e. The van der Waals surface area contributed by atoms with E-state index in [9.17, 15) is 9.59 Å². The van der Waals surface area contributed by atoms with Crippen molar-refractivity contribution < 1.29 is 19.1 Å². The Morgan fingerprint density at radius 3 is 2.54 bits per heavy atom. The summed E-state index contributed by atoms with van der Waals surface area (Å²) in [6, 6.07) is 5.25. The summed E-state index contributed by atoms with van der Waals surface area (Å²) in [7, 11) is 1.56. The van der Waals surface area contributed by atoms with Crippen molar-refractivity contribution in [2.45, 2.75) is 39.5 Å². The van der Waals surface area contributed by atoms with E-state index >= 15 is 0 Å². The number of nitrogens with zero attached hydrogens (tertiary/aromatic N) is 1. The summed E-state index contributed by atoms with van der Waals surface area (Å²) < 4.78 is 10.8. The molecule has 0 aromatic heterocycles. The van der Waals surface area contributed by atoms with Crippen molar-refractivity contribution in [3.63, 3.8) is 0 Å². The monoisotopic (exact) mass is 362 g/mol. The molecule has 0 aliphatic carbocycles. The molecule has 26 heavy (non-hydrogen) atoms. The summed E-state index contributed by atoms with van der Waals surface area (Å²) in [6.07, 6.45) is 3.48. The number of hydrogen-bond acceptors (Lipinski definition) is 4. The fourth-order valence-electron chi connectivity index (χ4n) is 3.14. The molecule has 0 bridgehead atoms. The van der Waals surface area contributed by atoms with E-state index in [4.69, 9.17) is 9.47 Å². The Labute approximate surface area is 155 Å². The van der Waals surface area contributed by atoms with Crippen LogP contribution in [0.1, 0.15) is 49.9 Å². The van der Waals surface area contributed by atoms with Gasteiger partial charge in [-0.05, 0) is 44.4 Å². The topological polar surface area (TPSA) is 67.9 Å². The lowest BCUT2D eigenvalue weighted by Gasteiger charge is -2.31. The van der Waals surface area contributed by atoms with Crippen LogP contribution in [0.15, 0.2) is 18.2 Å². The minimum Gasteiger partial charge on any atom is -0.493 e. The molecule has 6 heteroatoms. The number of benzene rings is 1. The highest BCUT2D eigenvalue weighted by molar-refractivity contribution is 5.95. The van der Waals surface area contributed by atoms with Crippen LogP contribution in [-0.2, 0) is 4.79 Å². The first-order valence-corrected chi connectivity index (χ1v) is 9.48. The van der Waals surface area contributed by atoms with Crippen LogP contribution in [0, 0.1) is 5.92 Å². The fourth-order valence-corrected chi connectivity index (χ4v) is 3.14. The van der Waals surface area contributed by atoms with Crippen molar-refractivity contribution in [2.75, 3.05) is 33.4 Å². The van der Waals surface area contributed by atoms with Gasteiger partial charge in [0.15, 0.2) is 11.5 Å². The van der Waals surface area contributed by atoms with Gasteiger partial charge in [0.25, 0.3) is 5.91 Å². The zero-order valence-electron chi connectivity index (χ0n) is 16.0. The number of hydrogen-bond donors (Lipinski definition) is 1. The smallest absolute Gasteiger partial charge is 0.253 e. The van der Waals surface area contributed by atoms with Crippen molar-refractivity contribution in [1.29, 1.82) is 0 Å². The Morgan fingerprint density at radius 1 is 1.19 bits per heavy atom. The molecule has 6 nitrogen and oxygen atoms in total. The van der Waals surface area contributed by atoms with Gasteiger partial charge in [-0.15, -0.1) is 0 Å². The number of likely N-dealkylation sites (tertiary alicyclic amines) is 1. The van der Waals surface area contributed by atoms with Crippen LogP contribution in [0.25, 0.3) is 0 Å². The summed E-state index contributed by atoms with van der Waals surface area (Å²) in [5.74, 6) is 1.28. The molecular formula is C20H30N2O4. The SMILES string of the molecule is CCCCNC(=O)C1CCN(C(=O)c2ccc(OCC)c(OC)c2)CC1. The second-order valence-electron chi connectivity index (χ2n) is 6.51. The molecule has 144 valence electrons. The van der Waals surface area contributed by atoms with Crippen LogP contribution in [0.3, 0.4) is 0 Å². The molecule has 2 amide bonds. The molecule has 0 spiro atoms. The van der Waals surface area contributed by atoms with Gasteiger partial charge in [-0.1, -0.05) is 13.3 Å². The molecule has 0 saturated carbocycles. The largest absolute Gasteiger partial charge is 0.493 e. The van der Waals surface area contributed by atoms with Gasteiger partial charge < -0.3 is 19.7 Å². The molecule has 1 aliphatic heterocycles. The zero-order chi connectivity index (χ0) is 18.9. The van der Waals surface area contributed by atoms with Crippen LogP contribution >= 0.6 is 0 Å². The average molecular weight is 362 g/mol. The molecular weight excluding hydrogens is 332 g/mol. The van der Waals surface area contributed by atoms with Gasteiger partial charge >= 0.3 is 0 Å². The molecule has 2 rings (SSSR count). The molecule has 0 radical (unpaired) electrons. The highest BCUT2D eigenvalue weighted by atomic mass is 16.5. The van der Waals surface area contributed by atoms with Crippen LogP contribution in [0.2, 0.25) is 0 Å². The Morgan fingerprint density at radius 2 is 1.92 bits per heavy atom. The number of carbonyl (C=O) groups is 2. The number of amides is 2. The summed E-state index contributed by atoms with van der Waals surface area (Å²) in [5.41, 5.74) is 0.580. The van der Waals surface area contributed by atoms with Gasteiger partial charge in [-0.25, -0.2) is 0 Å². The minimum atomic E-state index is -0.0313. The van der Waals surface area contributed by atoms with E-state index in [2.05, 4.69) is 12.2 Å². The number of piperidine rings is 1. The standard InChI is InChI=1S/C20H30N2O4/c1-4-6-11-21-19(23)15-9-12-22(13-10-15)20(24)16-7-8-17(26-5-2)18(14-16)25-3/h7-8,14-15H,4-6,9-13H2,1-3H3,(H,21,23). The third kappa shape index (κ3) is 5.13.